The molecule has 1 atom stereocenters. The number of guanidine groups is 1. The number of ether oxygens (including phenoxy) is 1. The first-order valence-electron chi connectivity index (χ1n) is 7.09. The molecule has 126 valence electrons. The van der Waals surface area contributed by atoms with Crippen molar-refractivity contribution in [2.45, 2.75) is 26.1 Å². The third-order valence-corrected chi connectivity index (χ3v) is 2.80. The number of hydrogen-bond donors (Lipinski definition) is 3. The second-order valence-electron chi connectivity index (χ2n) is 5.07. The van der Waals surface area contributed by atoms with Crippen molar-refractivity contribution >= 4 is 35.6 Å². The number of halogens is 1. The van der Waals surface area contributed by atoms with Crippen molar-refractivity contribution in [1.82, 2.24) is 0 Å². The first-order chi connectivity index (χ1) is 10.5. The van der Waals surface area contributed by atoms with E-state index in [-0.39, 0.29) is 42.6 Å². The molecule has 1 aromatic heterocycles. The van der Waals surface area contributed by atoms with Crippen LogP contribution in [0.15, 0.2) is 52.1 Å². The van der Waals surface area contributed by atoms with Crippen LogP contribution in [0.3, 0.4) is 0 Å². The van der Waals surface area contributed by atoms with Crippen LogP contribution in [0.25, 0.3) is 0 Å². The third-order valence-electron chi connectivity index (χ3n) is 2.80. The smallest absolute Gasteiger partial charge is 0.193 e. The molecule has 0 bridgehead atoms. The molecule has 0 saturated heterocycles. The number of aliphatic hydroxyl groups excluding tert-OH is 1. The lowest BCUT2D eigenvalue weighted by atomic mass is 10.3. The van der Waals surface area contributed by atoms with Crippen molar-refractivity contribution < 1.29 is 14.3 Å². The Kier molecular flexibility index (Phi) is 7.90. The van der Waals surface area contributed by atoms with E-state index in [0.29, 0.717) is 5.76 Å². The highest BCUT2D eigenvalue weighted by molar-refractivity contribution is 14.0. The Balaban J connectivity index is 0.00000264. The molecule has 0 aliphatic carbocycles. The summed E-state index contributed by atoms with van der Waals surface area (Å²) >= 11 is 0. The first-order valence-corrected chi connectivity index (χ1v) is 7.09. The summed E-state index contributed by atoms with van der Waals surface area (Å²) in [5.74, 6) is 1.49. The molecule has 0 fully saturated rings. The first kappa shape index (κ1) is 19.3. The molecule has 6 nitrogen and oxygen atoms in total. The number of aliphatic hydroxyl groups is 1. The number of anilines is 1. The van der Waals surface area contributed by atoms with Crippen LogP contribution in [-0.4, -0.2) is 23.7 Å². The summed E-state index contributed by atoms with van der Waals surface area (Å²) in [6.45, 7) is 4.07. The van der Waals surface area contributed by atoms with Crippen LogP contribution in [0.4, 0.5) is 5.69 Å². The molecule has 7 heteroatoms. The van der Waals surface area contributed by atoms with Gasteiger partial charge in [0.15, 0.2) is 5.96 Å². The molecule has 1 aromatic carbocycles. The molecular weight excluding hydrogens is 409 g/mol. The maximum atomic E-state index is 9.84. The molecule has 1 unspecified atom stereocenters. The maximum Gasteiger partial charge on any atom is 0.193 e. The van der Waals surface area contributed by atoms with Gasteiger partial charge in [0.2, 0.25) is 0 Å². The highest BCUT2D eigenvalue weighted by atomic mass is 127. The minimum absolute atomic E-state index is 0. The van der Waals surface area contributed by atoms with Gasteiger partial charge >= 0.3 is 0 Å². The van der Waals surface area contributed by atoms with Gasteiger partial charge in [-0.15, -0.1) is 24.0 Å². The number of benzene rings is 1. The molecule has 0 radical (unpaired) electrons. The molecule has 2 aromatic rings. The van der Waals surface area contributed by atoms with Crippen molar-refractivity contribution in [3.8, 4) is 5.75 Å². The number of rotatable bonds is 6. The van der Waals surface area contributed by atoms with E-state index in [0.717, 1.165) is 11.4 Å². The average molecular weight is 431 g/mol. The van der Waals surface area contributed by atoms with E-state index in [9.17, 15) is 5.11 Å². The van der Waals surface area contributed by atoms with E-state index in [4.69, 9.17) is 14.9 Å². The molecule has 0 amide bonds. The zero-order valence-corrected chi connectivity index (χ0v) is 15.4. The largest absolute Gasteiger partial charge is 0.491 e. The lowest BCUT2D eigenvalue weighted by Gasteiger charge is -2.11. The van der Waals surface area contributed by atoms with Gasteiger partial charge in [0, 0.05) is 5.69 Å². The van der Waals surface area contributed by atoms with Crippen LogP contribution in [0, 0.1) is 0 Å². The van der Waals surface area contributed by atoms with Crippen LogP contribution in [0.2, 0.25) is 0 Å². The molecule has 0 spiro atoms. The molecule has 0 aliphatic rings. The molecule has 1 heterocycles. The van der Waals surface area contributed by atoms with Gasteiger partial charge in [-0.1, -0.05) is 0 Å². The van der Waals surface area contributed by atoms with E-state index in [1.807, 2.05) is 38.1 Å². The van der Waals surface area contributed by atoms with Crippen LogP contribution in [0.1, 0.15) is 25.7 Å². The highest BCUT2D eigenvalue weighted by Crippen LogP contribution is 2.17. The Hall–Kier alpha value is -1.74. The Labute approximate surface area is 152 Å². The fourth-order valence-corrected chi connectivity index (χ4v) is 1.83. The fraction of sp³-hybridized carbons (Fsp3) is 0.312. The molecule has 0 saturated carbocycles. The van der Waals surface area contributed by atoms with Crippen LogP contribution in [0.5, 0.6) is 5.75 Å². The summed E-state index contributed by atoms with van der Waals surface area (Å²) in [6.07, 6.45) is 0.829. The average Bonchev–Trinajstić information content (AvgIpc) is 3.00. The van der Waals surface area contributed by atoms with Crippen molar-refractivity contribution in [2.75, 3.05) is 11.9 Å². The quantitative estimate of drug-likeness (QED) is 0.371. The van der Waals surface area contributed by atoms with Crippen molar-refractivity contribution in [3.63, 3.8) is 0 Å². The summed E-state index contributed by atoms with van der Waals surface area (Å²) in [5.41, 5.74) is 6.59. The fourth-order valence-electron chi connectivity index (χ4n) is 1.83. The van der Waals surface area contributed by atoms with E-state index in [1.165, 1.54) is 6.26 Å². The van der Waals surface area contributed by atoms with E-state index >= 15 is 0 Å². The highest BCUT2D eigenvalue weighted by Gasteiger charge is 2.09. The molecule has 0 aliphatic heterocycles. The normalized spacial score (nSPS) is 12.6. The Morgan fingerprint density at radius 3 is 2.57 bits per heavy atom. The van der Waals surface area contributed by atoms with Gasteiger partial charge in [0.25, 0.3) is 0 Å². The van der Waals surface area contributed by atoms with Gasteiger partial charge in [-0.25, -0.2) is 4.99 Å². The van der Waals surface area contributed by atoms with Gasteiger partial charge in [0.1, 0.15) is 17.6 Å². The topological polar surface area (TPSA) is 93.0 Å². The number of furan rings is 1. The monoisotopic (exact) mass is 431 g/mol. The summed E-state index contributed by atoms with van der Waals surface area (Å²) in [6, 6.07) is 10.8. The second kappa shape index (κ2) is 9.41. The van der Waals surface area contributed by atoms with Crippen LogP contribution in [-0.2, 0) is 0 Å². The Morgan fingerprint density at radius 1 is 1.30 bits per heavy atom. The van der Waals surface area contributed by atoms with Crippen molar-refractivity contribution in [3.05, 3.63) is 48.4 Å². The summed E-state index contributed by atoms with van der Waals surface area (Å²) in [4.78, 5) is 4.09. The minimum Gasteiger partial charge on any atom is -0.491 e. The third kappa shape index (κ3) is 6.49. The second-order valence-corrected chi connectivity index (χ2v) is 5.07. The molecule has 4 N–H and O–H groups in total. The number of aliphatic imine (C=N–C) groups is 1. The van der Waals surface area contributed by atoms with E-state index in [1.54, 1.807) is 12.1 Å². The predicted octanol–water partition coefficient (Wildman–Crippen LogP) is 3.15. The zero-order chi connectivity index (χ0) is 15.9. The van der Waals surface area contributed by atoms with Gasteiger partial charge in [-0.2, -0.15) is 0 Å². The van der Waals surface area contributed by atoms with Crippen LogP contribution < -0.4 is 15.8 Å². The number of nitrogens with zero attached hydrogens (tertiary/aromatic N) is 1. The summed E-state index contributed by atoms with van der Waals surface area (Å²) in [5, 5.41) is 12.8. The van der Waals surface area contributed by atoms with E-state index in [2.05, 4.69) is 10.3 Å². The number of nitrogens with one attached hydrogen (secondary N) is 1. The maximum absolute atomic E-state index is 9.84. The summed E-state index contributed by atoms with van der Waals surface area (Å²) < 4.78 is 10.7. The SMILES string of the molecule is CC(C)Oc1ccc(NC(N)=NCC(O)c2ccco2)cc1.I. The Morgan fingerprint density at radius 2 is 2.00 bits per heavy atom. The molecular formula is C16H22IN3O3. The lowest BCUT2D eigenvalue weighted by molar-refractivity contribution is 0.158. The lowest BCUT2D eigenvalue weighted by Crippen LogP contribution is -2.23. The van der Waals surface area contributed by atoms with Gasteiger partial charge in [-0.3, -0.25) is 0 Å². The van der Waals surface area contributed by atoms with Gasteiger partial charge < -0.3 is 25.3 Å². The predicted molar refractivity (Wildman–Crippen MR) is 101 cm³/mol. The molecule has 23 heavy (non-hydrogen) atoms. The van der Waals surface area contributed by atoms with Crippen LogP contribution >= 0.6 is 24.0 Å². The number of nitrogens with two attached hydrogens (primary N) is 1. The van der Waals surface area contributed by atoms with Crippen molar-refractivity contribution in [2.24, 2.45) is 10.7 Å². The van der Waals surface area contributed by atoms with E-state index < -0.39 is 6.10 Å². The zero-order valence-electron chi connectivity index (χ0n) is 13.1. The van der Waals surface area contributed by atoms with Gasteiger partial charge in [-0.05, 0) is 50.2 Å². The minimum atomic E-state index is -0.808. The molecule has 2 rings (SSSR count). The van der Waals surface area contributed by atoms with Gasteiger partial charge in [0.05, 0.1) is 18.9 Å². The summed E-state index contributed by atoms with van der Waals surface area (Å²) in [7, 11) is 0. The standard InChI is InChI=1S/C16H21N3O3.HI/c1-11(2)22-13-7-5-12(6-8-13)19-16(17)18-10-14(20)15-4-3-9-21-15;/h3-9,11,14,20H,10H2,1-2H3,(H3,17,18,19);1H. The Bertz CT molecular complexity index is 598. The van der Waals surface area contributed by atoms with Crippen molar-refractivity contribution in [1.29, 1.82) is 0 Å². The number of hydrogen-bond acceptors (Lipinski definition) is 4.